The third kappa shape index (κ3) is 5.80. The number of nitrogens with one attached hydrogen (secondary N) is 1. The lowest BCUT2D eigenvalue weighted by Crippen LogP contribution is -2.34. The van der Waals surface area contributed by atoms with Crippen LogP contribution in [0.3, 0.4) is 0 Å². The first-order valence-electron chi connectivity index (χ1n) is 9.60. The lowest BCUT2D eigenvalue weighted by Gasteiger charge is -2.29. The van der Waals surface area contributed by atoms with Crippen LogP contribution < -0.4 is 5.32 Å². The average molecular weight is 413 g/mol. The van der Waals surface area contributed by atoms with Crippen molar-refractivity contribution in [2.75, 3.05) is 24.2 Å². The van der Waals surface area contributed by atoms with Gasteiger partial charge < -0.3 is 10.2 Å². The van der Waals surface area contributed by atoms with Crippen molar-refractivity contribution in [3.05, 3.63) is 64.2 Å². The summed E-state index contributed by atoms with van der Waals surface area (Å²) >= 11 is 1.40. The van der Waals surface area contributed by atoms with E-state index in [9.17, 15) is 14.9 Å². The van der Waals surface area contributed by atoms with Crippen molar-refractivity contribution < 1.29 is 9.72 Å². The highest BCUT2D eigenvalue weighted by atomic mass is 32.2. The van der Waals surface area contributed by atoms with Crippen LogP contribution in [0.25, 0.3) is 0 Å². The Bertz CT molecular complexity index is 896. The second-order valence-corrected chi connectivity index (χ2v) is 7.76. The van der Waals surface area contributed by atoms with E-state index >= 15 is 0 Å². The van der Waals surface area contributed by atoms with Gasteiger partial charge in [-0.25, -0.2) is 4.99 Å². The van der Waals surface area contributed by atoms with Crippen LogP contribution in [0, 0.1) is 17.0 Å². The van der Waals surface area contributed by atoms with Crippen LogP contribution in [0.2, 0.25) is 0 Å². The summed E-state index contributed by atoms with van der Waals surface area (Å²) in [6.07, 6.45) is 3.45. The molecule has 0 atom stereocenters. The monoisotopic (exact) mass is 412 g/mol. The smallest absolute Gasteiger partial charge is 0.274 e. The molecular weight excluding hydrogens is 388 g/mol. The van der Waals surface area contributed by atoms with E-state index in [2.05, 4.69) is 10.2 Å². The normalized spacial score (nSPS) is 14.5. The number of anilines is 1. The van der Waals surface area contributed by atoms with E-state index in [1.54, 1.807) is 19.1 Å². The van der Waals surface area contributed by atoms with E-state index in [1.165, 1.54) is 24.2 Å². The van der Waals surface area contributed by atoms with Crippen molar-refractivity contribution in [3.63, 3.8) is 0 Å². The van der Waals surface area contributed by atoms with Crippen molar-refractivity contribution in [3.8, 4) is 0 Å². The molecular formula is C21H24N4O3S. The maximum Gasteiger partial charge on any atom is 0.274 e. The molecule has 1 aliphatic rings. The van der Waals surface area contributed by atoms with Gasteiger partial charge in [0.1, 0.15) is 0 Å². The molecule has 0 aromatic heterocycles. The van der Waals surface area contributed by atoms with Gasteiger partial charge in [-0.3, -0.25) is 14.9 Å². The summed E-state index contributed by atoms with van der Waals surface area (Å²) in [5.41, 5.74) is 1.76. The van der Waals surface area contributed by atoms with Gasteiger partial charge in [0, 0.05) is 19.2 Å². The van der Waals surface area contributed by atoms with E-state index in [-0.39, 0.29) is 17.3 Å². The summed E-state index contributed by atoms with van der Waals surface area (Å²) in [7, 11) is 0. The number of carbonyl (C=O) groups is 1. The number of carbonyl (C=O) groups excluding carboxylic acids is 1. The highest BCUT2D eigenvalue weighted by Gasteiger charge is 2.18. The Morgan fingerprint density at radius 3 is 2.55 bits per heavy atom. The second kappa shape index (κ2) is 10.1. The van der Waals surface area contributed by atoms with Crippen LogP contribution in [-0.4, -0.2) is 39.7 Å². The number of thioether (sulfide) groups is 1. The Morgan fingerprint density at radius 1 is 1.14 bits per heavy atom. The maximum absolute atomic E-state index is 12.5. The molecule has 1 N–H and O–H groups in total. The lowest BCUT2D eigenvalue weighted by atomic mass is 10.1. The Labute approximate surface area is 174 Å². The molecule has 0 spiro atoms. The number of piperidine rings is 1. The number of amides is 1. The second-order valence-electron chi connectivity index (χ2n) is 6.82. The number of amidine groups is 1. The van der Waals surface area contributed by atoms with Crippen molar-refractivity contribution in [2.24, 2.45) is 4.99 Å². The Morgan fingerprint density at radius 2 is 1.86 bits per heavy atom. The third-order valence-electron chi connectivity index (χ3n) is 4.72. The first-order valence-corrected chi connectivity index (χ1v) is 10.6. The molecule has 8 heteroatoms. The van der Waals surface area contributed by atoms with Gasteiger partial charge in [0.2, 0.25) is 5.91 Å². The van der Waals surface area contributed by atoms with Gasteiger partial charge in [-0.2, -0.15) is 0 Å². The minimum absolute atomic E-state index is 0.00454. The molecule has 0 unspecified atom stereocenters. The molecule has 0 aliphatic carbocycles. The molecule has 1 saturated heterocycles. The molecule has 1 aliphatic heterocycles. The molecule has 1 fully saturated rings. The standard InChI is InChI=1S/C21H24N4O3S/c1-16-18(11-8-12-19(16)25(27)28)23-20(26)15-29-21(24-13-6-3-7-14-24)22-17-9-4-2-5-10-17/h2,4-5,8-12H,3,6-7,13-15H2,1H3,(H,23,26). The summed E-state index contributed by atoms with van der Waals surface area (Å²) < 4.78 is 0. The summed E-state index contributed by atoms with van der Waals surface area (Å²) in [4.78, 5) is 30.1. The predicted molar refractivity (Wildman–Crippen MR) is 118 cm³/mol. The quantitative estimate of drug-likeness (QED) is 0.331. The van der Waals surface area contributed by atoms with Crippen molar-refractivity contribution >= 4 is 39.9 Å². The number of benzene rings is 2. The number of rotatable bonds is 5. The largest absolute Gasteiger partial charge is 0.351 e. The topological polar surface area (TPSA) is 87.8 Å². The van der Waals surface area contributed by atoms with Crippen LogP contribution in [0.15, 0.2) is 53.5 Å². The van der Waals surface area contributed by atoms with Crippen LogP contribution in [0.5, 0.6) is 0 Å². The Hall–Kier alpha value is -2.87. The molecule has 2 aromatic carbocycles. The van der Waals surface area contributed by atoms with Crippen LogP contribution in [-0.2, 0) is 4.79 Å². The van der Waals surface area contributed by atoms with Gasteiger partial charge in [0.25, 0.3) is 5.69 Å². The Balaban J connectivity index is 1.69. The number of para-hydroxylation sites is 1. The first-order chi connectivity index (χ1) is 14.0. The highest BCUT2D eigenvalue weighted by molar-refractivity contribution is 8.14. The number of hydrogen-bond acceptors (Lipinski definition) is 5. The fraction of sp³-hybridized carbons (Fsp3) is 0.333. The molecule has 1 amide bonds. The molecule has 1 heterocycles. The van der Waals surface area contributed by atoms with Gasteiger partial charge in [-0.1, -0.05) is 36.0 Å². The fourth-order valence-electron chi connectivity index (χ4n) is 3.17. The zero-order valence-electron chi connectivity index (χ0n) is 16.3. The molecule has 7 nitrogen and oxygen atoms in total. The molecule has 0 saturated carbocycles. The van der Waals surface area contributed by atoms with Crippen LogP contribution >= 0.6 is 11.8 Å². The average Bonchev–Trinajstić information content (AvgIpc) is 2.74. The highest BCUT2D eigenvalue weighted by Crippen LogP contribution is 2.26. The van der Waals surface area contributed by atoms with E-state index in [4.69, 9.17) is 4.99 Å². The minimum atomic E-state index is -0.444. The zero-order valence-corrected chi connectivity index (χ0v) is 17.2. The summed E-state index contributed by atoms with van der Waals surface area (Å²) in [5, 5.41) is 14.7. The predicted octanol–water partition coefficient (Wildman–Crippen LogP) is 4.75. The number of likely N-dealkylation sites (tertiary alicyclic amines) is 1. The van der Waals surface area contributed by atoms with E-state index < -0.39 is 4.92 Å². The van der Waals surface area contributed by atoms with Gasteiger partial charge in [-0.15, -0.1) is 0 Å². The van der Waals surface area contributed by atoms with Gasteiger partial charge in [0.15, 0.2) is 5.17 Å². The SMILES string of the molecule is Cc1c(NC(=O)CSC(=Nc2ccccc2)N2CCCCC2)cccc1[N+](=O)[O-]. The number of nitrogens with zero attached hydrogens (tertiary/aromatic N) is 3. The molecule has 29 heavy (non-hydrogen) atoms. The molecule has 0 radical (unpaired) electrons. The molecule has 152 valence electrons. The van der Waals surface area contributed by atoms with Gasteiger partial charge >= 0.3 is 0 Å². The van der Waals surface area contributed by atoms with Gasteiger partial charge in [0.05, 0.1) is 27.6 Å². The number of aliphatic imine (C=N–C) groups is 1. The third-order valence-corrected chi connectivity index (χ3v) is 5.73. The lowest BCUT2D eigenvalue weighted by molar-refractivity contribution is -0.385. The summed E-state index contributed by atoms with van der Waals surface area (Å²) in [6, 6.07) is 14.4. The fourth-order valence-corrected chi connectivity index (χ4v) is 4.03. The minimum Gasteiger partial charge on any atom is -0.351 e. The van der Waals surface area contributed by atoms with E-state index in [1.807, 2.05) is 30.3 Å². The molecule has 2 aromatic rings. The number of nitro benzene ring substituents is 1. The van der Waals surface area contributed by atoms with E-state index in [0.29, 0.717) is 11.3 Å². The maximum atomic E-state index is 12.5. The summed E-state index contributed by atoms with van der Waals surface area (Å²) in [5.74, 6) is -0.0269. The molecule has 0 bridgehead atoms. The van der Waals surface area contributed by atoms with Crippen LogP contribution in [0.1, 0.15) is 24.8 Å². The molecule has 3 rings (SSSR count). The van der Waals surface area contributed by atoms with Crippen LogP contribution in [0.4, 0.5) is 17.1 Å². The first kappa shape index (κ1) is 20.9. The van der Waals surface area contributed by atoms with E-state index in [0.717, 1.165) is 36.8 Å². The number of hydrogen-bond donors (Lipinski definition) is 1. The van der Waals surface area contributed by atoms with Crippen molar-refractivity contribution in [1.82, 2.24) is 4.90 Å². The zero-order chi connectivity index (χ0) is 20.6. The summed E-state index contributed by atoms with van der Waals surface area (Å²) in [6.45, 7) is 3.51. The Kier molecular flexibility index (Phi) is 7.24. The van der Waals surface area contributed by atoms with Gasteiger partial charge in [-0.05, 0) is 44.4 Å². The van der Waals surface area contributed by atoms with Crippen molar-refractivity contribution in [2.45, 2.75) is 26.2 Å². The van der Waals surface area contributed by atoms with Crippen molar-refractivity contribution in [1.29, 1.82) is 0 Å². The number of nitro groups is 1.